The van der Waals surface area contributed by atoms with Crippen molar-refractivity contribution in [3.63, 3.8) is 0 Å². The fourth-order valence-corrected chi connectivity index (χ4v) is 4.61. The number of nitrogens with zero attached hydrogens (tertiary/aromatic N) is 2. The first kappa shape index (κ1) is 17.2. The van der Waals surface area contributed by atoms with E-state index in [1.54, 1.807) is 34.5 Å². The van der Waals surface area contributed by atoms with Gasteiger partial charge in [-0.15, -0.1) is 11.3 Å². The van der Waals surface area contributed by atoms with E-state index >= 15 is 0 Å². The van der Waals surface area contributed by atoms with Gasteiger partial charge >= 0.3 is 0 Å². The van der Waals surface area contributed by atoms with Crippen molar-refractivity contribution in [1.82, 2.24) is 14.5 Å². The molecule has 0 spiro atoms. The SMILES string of the molecule is O=C(c1ccco1)N1CCN(CCNS(=O)(=O)c2cccs2)CC1. The summed E-state index contributed by atoms with van der Waals surface area (Å²) < 4.78 is 32.1. The second-order valence-electron chi connectivity index (χ2n) is 5.44. The average molecular weight is 369 g/mol. The van der Waals surface area contributed by atoms with E-state index in [9.17, 15) is 13.2 Å². The number of hydrogen-bond donors (Lipinski definition) is 1. The third kappa shape index (κ3) is 4.04. The molecule has 9 heteroatoms. The summed E-state index contributed by atoms with van der Waals surface area (Å²) in [5.74, 6) is 0.255. The van der Waals surface area contributed by atoms with Gasteiger partial charge < -0.3 is 9.32 Å². The van der Waals surface area contributed by atoms with Gasteiger partial charge in [-0.1, -0.05) is 6.07 Å². The Bertz CT molecular complexity index is 749. The van der Waals surface area contributed by atoms with Gasteiger partial charge in [-0.05, 0) is 23.6 Å². The molecule has 24 heavy (non-hydrogen) atoms. The van der Waals surface area contributed by atoms with Gasteiger partial charge in [0.2, 0.25) is 10.0 Å². The predicted octanol–water partition coefficient (Wildman–Crippen LogP) is 1.08. The monoisotopic (exact) mass is 369 g/mol. The van der Waals surface area contributed by atoms with Gasteiger partial charge in [0.05, 0.1) is 6.26 Å². The van der Waals surface area contributed by atoms with E-state index in [0.717, 1.165) is 0 Å². The summed E-state index contributed by atoms with van der Waals surface area (Å²) in [7, 11) is -3.41. The number of carbonyl (C=O) groups excluding carboxylic acids is 1. The third-order valence-electron chi connectivity index (χ3n) is 3.87. The molecule has 1 N–H and O–H groups in total. The molecule has 2 aromatic heterocycles. The zero-order valence-corrected chi connectivity index (χ0v) is 14.7. The van der Waals surface area contributed by atoms with Crippen molar-refractivity contribution in [3.05, 3.63) is 41.7 Å². The Labute approximate surface area is 144 Å². The van der Waals surface area contributed by atoms with E-state index < -0.39 is 10.0 Å². The molecule has 0 unspecified atom stereocenters. The van der Waals surface area contributed by atoms with Crippen LogP contribution in [-0.2, 0) is 10.0 Å². The van der Waals surface area contributed by atoms with Crippen molar-refractivity contribution in [1.29, 1.82) is 0 Å². The second-order valence-corrected chi connectivity index (χ2v) is 8.38. The zero-order valence-electron chi connectivity index (χ0n) is 13.1. The van der Waals surface area contributed by atoms with Gasteiger partial charge in [-0.25, -0.2) is 13.1 Å². The molecule has 0 saturated carbocycles. The summed E-state index contributed by atoms with van der Waals surface area (Å²) in [6.45, 7) is 3.62. The van der Waals surface area contributed by atoms with Crippen LogP contribution >= 0.6 is 11.3 Å². The van der Waals surface area contributed by atoms with Crippen LogP contribution in [0.15, 0.2) is 44.5 Å². The third-order valence-corrected chi connectivity index (χ3v) is 6.73. The molecule has 2 aromatic rings. The minimum absolute atomic E-state index is 0.0990. The van der Waals surface area contributed by atoms with Crippen LogP contribution in [0.25, 0.3) is 0 Å². The van der Waals surface area contributed by atoms with E-state index in [-0.39, 0.29) is 5.91 Å². The summed E-state index contributed by atoms with van der Waals surface area (Å²) in [5, 5.41) is 1.74. The molecule has 1 fully saturated rings. The van der Waals surface area contributed by atoms with Crippen molar-refractivity contribution in [2.75, 3.05) is 39.3 Å². The first-order valence-corrected chi connectivity index (χ1v) is 10.0. The number of hydrogen-bond acceptors (Lipinski definition) is 6. The van der Waals surface area contributed by atoms with Gasteiger partial charge in [0.25, 0.3) is 5.91 Å². The highest BCUT2D eigenvalue weighted by Crippen LogP contribution is 2.15. The number of furan rings is 1. The van der Waals surface area contributed by atoms with Crippen LogP contribution in [0.3, 0.4) is 0 Å². The minimum atomic E-state index is -3.41. The number of nitrogens with one attached hydrogen (secondary N) is 1. The lowest BCUT2D eigenvalue weighted by molar-refractivity contribution is 0.0609. The molecule has 130 valence electrons. The van der Waals surface area contributed by atoms with Crippen LogP contribution in [0, 0.1) is 0 Å². The van der Waals surface area contributed by atoms with E-state index in [1.165, 1.54) is 17.6 Å². The molecule has 1 amide bonds. The number of amides is 1. The van der Waals surface area contributed by atoms with Gasteiger partial charge in [0, 0.05) is 39.3 Å². The van der Waals surface area contributed by atoms with Gasteiger partial charge in [-0.3, -0.25) is 9.69 Å². The van der Waals surface area contributed by atoms with Crippen molar-refractivity contribution in [2.45, 2.75) is 4.21 Å². The normalized spacial score (nSPS) is 16.4. The number of thiophene rings is 1. The molecule has 3 heterocycles. The van der Waals surface area contributed by atoms with E-state index in [2.05, 4.69) is 9.62 Å². The Hall–Kier alpha value is -1.68. The van der Waals surface area contributed by atoms with Gasteiger partial charge in [0.15, 0.2) is 5.76 Å². The zero-order chi connectivity index (χ0) is 17.0. The lowest BCUT2D eigenvalue weighted by Crippen LogP contribution is -2.50. The largest absolute Gasteiger partial charge is 0.459 e. The van der Waals surface area contributed by atoms with E-state index in [4.69, 9.17) is 4.42 Å². The fourth-order valence-electron chi connectivity index (χ4n) is 2.56. The topological polar surface area (TPSA) is 82.9 Å². The van der Waals surface area contributed by atoms with Crippen LogP contribution < -0.4 is 4.72 Å². The van der Waals surface area contributed by atoms with Crippen LogP contribution in [-0.4, -0.2) is 63.4 Å². The molecule has 3 rings (SSSR count). The average Bonchev–Trinajstić information content (AvgIpc) is 3.28. The summed E-state index contributed by atoms with van der Waals surface area (Å²) in [5.41, 5.74) is 0. The summed E-state index contributed by atoms with van der Waals surface area (Å²) in [6, 6.07) is 6.66. The lowest BCUT2D eigenvalue weighted by Gasteiger charge is -2.34. The molecule has 7 nitrogen and oxygen atoms in total. The highest BCUT2D eigenvalue weighted by molar-refractivity contribution is 7.91. The number of carbonyl (C=O) groups is 1. The van der Waals surface area contributed by atoms with Gasteiger partial charge in [0.1, 0.15) is 4.21 Å². The molecule has 1 aliphatic heterocycles. The first-order chi connectivity index (χ1) is 11.6. The number of sulfonamides is 1. The van der Waals surface area contributed by atoms with Crippen molar-refractivity contribution < 1.29 is 17.6 Å². The smallest absolute Gasteiger partial charge is 0.289 e. The van der Waals surface area contributed by atoms with E-state index in [0.29, 0.717) is 49.2 Å². The Morgan fingerprint density at radius 2 is 2.00 bits per heavy atom. The Morgan fingerprint density at radius 1 is 1.21 bits per heavy atom. The highest BCUT2D eigenvalue weighted by atomic mass is 32.2. The molecular weight excluding hydrogens is 350 g/mol. The molecule has 0 atom stereocenters. The minimum Gasteiger partial charge on any atom is -0.459 e. The molecule has 0 aromatic carbocycles. The van der Waals surface area contributed by atoms with E-state index in [1.807, 2.05) is 0 Å². The van der Waals surface area contributed by atoms with Crippen LogP contribution in [0.5, 0.6) is 0 Å². The number of piperazine rings is 1. The fraction of sp³-hybridized carbons (Fsp3) is 0.400. The molecule has 0 radical (unpaired) electrons. The predicted molar refractivity (Wildman–Crippen MR) is 90.6 cm³/mol. The highest BCUT2D eigenvalue weighted by Gasteiger charge is 2.23. The van der Waals surface area contributed by atoms with Gasteiger partial charge in [-0.2, -0.15) is 0 Å². The van der Waals surface area contributed by atoms with Crippen LogP contribution in [0.2, 0.25) is 0 Å². The Kier molecular flexibility index (Phi) is 5.34. The molecule has 0 aliphatic carbocycles. The summed E-state index contributed by atoms with van der Waals surface area (Å²) in [4.78, 5) is 16.1. The van der Waals surface area contributed by atoms with Crippen LogP contribution in [0.4, 0.5) is 0 Å². The Balaban J connectivity index is 1.42. The van der Waals surface area contributed by atoms with Crippen molar-refractivity contribution in [3.8, 4) is 0 Å². The first-order valence-electron chi connectivity index (χ1n) is 7.64. The molecular formula is C15H19N3O4S2. The molecule has 1 saturated heterocycles. The Morgan fingerprint density at radius 3 is 2.62 bits per heavy atom. The lowest BCUT2D eigenvalue weighted by atomic mass is 10.3. The standard InChI is InChI=1S/C15H19N3O4S2/c19-15(13-3-1-11-22-13)18-9-7-17(8-10-18)6-5-16-24(20,21)14-4-2-12-23-14/h1-4,11-12,16H,5-10H2. The van der Waals surface area contributed by atoms with Crippen molar-refractivity contribution in [2.24, 2.45) is 0 Å². The maximum absolute atomic E-state index is 12.2. The quantitative estimate of drug-likeness (QED) is 0.824. The number of rotatable bonds is 6. The summed E-state index contributed by atoms with van der Waals surface area (Å²) >= 11 is 1.20. The molecule has 0 bridgehead atoms. The summed E-state index contributed by atoms with van der Waals surface area (Å²) in [6.07, 6.45) is 1.49. The second kappa shape index (κ2) is 7.47. The van der Waals surface area contributed by atoms with Crippen molar-refractivity contribution >= 4 is 27.3 Å². The molecule has 1 aliphatic rings. The maximum atomic E-state index is 12.2. The van der Waals surface area contributed by atoms with Crippen LogP contribution in [0.1, 0.15) is 10.6 Å². The maximum Gasteiger partial charge on any atom is 0.289 e.